The van der Waals surface area contributed by atoms with Crippen molar-refractivity contribution in [1.29, 1.82) is 0 Å². The lowest BCUT2D eigenvalue weighted by Gasteiger charge is -1.97. The average molecular weight is 229 g/mol. The first kappa shape index (κ1) is 9.19. The van der Waals surface area contributed by atoms with Crippen LogP contribution in [-0.2, 0) is 11.2 Å². The number of aromatic nitrogens is 1. The second-order valence-electron chi connectivity index (χ2n) is 2.43. The number of carbonyl (C=O) groups excluding carboxylic acids is 1. The van der Waals surface area contributed by atoms with Gasteiger partial charge < -0.3 is 5.73 Å². The molecular formula is C8H9BrN2O. The molecule has 64 valence electrons. The molecule has 1 heterocycles. The lowest BCUT2D eigenvalue weighted by Crippen LogP contribution is -2.11. The Morgan fingerprint density at radius 2 is 2.33 bits per heavy atom. The number of pyridine rings is 1. The van der Waals surface area contributed by atoms with E-state index in [2.05, 4.69) is 20.9 Å². The van der Waals surface area contributed by atoms with Crippen LogP contribution in [0.4, 0.5) is 0 Å². The fraction of sp³-hybridized carbons (Fsp3) is 0.250. The van der Waals surface area contributed by atoms with E-state index in [-0.39, 0.29) is 5.91 Å². The van der Waals surface area contributed by atoms with Gasteiger partial charge in [-0.15, -0.1) is 0 Å². The Morgan fingerprint density at radius 1 is 1.58 bits per heavy atom. The van der Waals surface area contributed by atoms with Gasteiger partial charge >= 0.3 is 0 Å². The van der Waals surface area contributed by atoms with E-state index in [9.17, 15) is 4.79 Å². The highest BCUT2D eigenvalue weighted by Crippen LogP contribution is 2.08. The highest BCUT2D eigenvalue weighted by atomic mass is 79.9. The minimum Gasteiger partial charge on any atom is -0.370 e. The van der Waals surface area contributed by atoms with Gasteiger partial charge in [0.1, 0.15) is 0 Å². The summed E-state index contributed by atoms with van der Waals surface area (Å²) >= 11 is 3.27. The number of rotatable bonds is 3. The molecule has 0 saturated heterocycles. The van der Waals surface area contributed by atoms with Crippen LogP contribution in [0.15, 0.2) is 22.8 Å². The lowest BCUT2D eigenvalue weighted by molar-refractivity contribution is -0.118. The number of aryl methyl sites for hydroxylation is 1. The smallest absolute Gasteiger partial charge is 0.217 e. The number of halogens is 1. The Balaban J connectivity index is 2.53. The van der Waals surface area contributed by atoms with Gasteiger partial charge in [-0.05, 0) is 34.5 Å². The van der Waals surface area contributed by atoms with Gasteiger partial charge in [0.15, 0.2) is 0 Å². The van der Waals surface area contributed by atoms with Crippen molar-refractivity contribution in [3.8, 4) is 0 Å². The zero-order chi connectivity index (χ0) is 8.97. The van der Waals surface area contributed by atoms with Crippen LogP contribution in [0.1, 0.15) is 12.1 Å². The Labute approximate surface area is 79.1 Å². The summed E-state index contributed by atoms with van der Waals surface area (Å²) in [6.45, 7) is 0. The van der Waals surface area contributed by atoms with Crippen LogP contribution in [0, 0.1) is 0 Å². The number of amides is 1. The zero-order valence-corrected chi connectivity index (χ0v) is 8.04. The van der Waals surface area contributed by atoms with Gasteiger partial charge in [-0.3, -0.25) is 9.78 Å². The molecule has 0 fully saturated rings. The van der Waals surface area contributed by atoms with Crippen LogP contribution in [-0.4, -0.2) is 10.9 Å². The molecule has 12 heavy (non-hydrogen) atoms. The maximum Gasteiger partial charge on any atom is 0.217 e. The SMILES string of the molecule is NC(=O)CCc1ccc(Br)cn1. The number of carbonyl (C=O) groups is 1. The third kappa shape index (κ3) is 3.00. The van der Waals surface area contributed by atoms with Gasteiger partial charge in [0.05, 0.1) is 0 Å². The molecule has 3 nitrogen and oxygen atoms in total. The normalized spacial score (nSPS) is 9.75. The van der Waals surface area contributed by atoms with E-state index >= 15 is 0 Å². The number of primary amides is 1. The first-order chi connectivity index (χ1) is 5.68. The van der Waals surface area contributed by atoms with E-state index in [0.29, 0.717) is 12.8 Å². The molecular weight excluding hydrogens is 220 g/mol. The molecule has 1 aromatic rings. The van der Waals surface area contributed by atoms with Crippen molar-refractivity contribution in [2.45, 2.75) is 12.8 Å². The van der Waals surface area contributed by atoms with Gasteiger partial charge in [0, 0.05) is 22.8 Å². The summed E-state index contributed by atoms with van der Waals surface area (Å²) in [5.74, 6) is -0.292. The maximum atomic E-state index is 10.4. The van der Waals surface area contributed by atoms with Gasteiger partial charge in [-0.2, -0.15) is 0 Å². The quantitative estimate of drug-likeness (QED) is 0.848. The predicted molar refractivity (Wildman–Crippen MR) is 49.5 cm³/mol. The first-order valence-corrected chi connectivity index (χ1v) is 4.36. The van der Waals surface area contributed by atoms with Crippen LogP contribution in [0.2, 0.25) is 0 Å². The van der Waals surface area contributed by atoms with Crippen molar-refractivity contribution >= 4 is 21.8 Å². The summed E-state index contributed by atoms with van der Waals surface area (Å²) < 4.78 is 0.935. The summed E-state index contributed by atoms with van der Waals surface area (Å²) in [5, 5.41) is 0. The summed E-state index contributed by atoms with van der Waals surface area (Å²) in [4.78, 5) is 14.5. The van der Waals surface area contributed by atoms with E-state index in [1.807, 2.05) is 12.1 Å². The molecule has 0 atom stereocenters. The van der Waals surface area contributed by atoms with Gasteiger partial charge in [0.2, 0.25) is 5.91 Å². The van der Waals surface area contributed by atoms with E-state index in [4.69, 9.17) is 5.73 Å². The summed E-state index contributed by atoms with van der Waals surface area (Å²) in [6, 6.07) is 3.76. The number of hydrogen-bond acceptors (Lipinski definition) is 2. The van der Waals surface area contributed by atoms with Crippen molar-refractivity contribution in [3.63, 3.8) is 0 Å². The predicted octanol–water partition coefficient (Wildman–Crippen LogP) is 1.26. The fourth-order valence-corrected chi connectivity index (χ4v) is 1.04. The summed E-state index contributed by atoms with van der Waals surface area (Å²) in [7, 11) is 0. The van der Waals surface area contributed by atoms with E-state index < -0.39 is 0 Å². The topological polar surface area (TPSA) is 56.0 Å². The summed E-state index contributed by atoms with van der Waals surface area (Å²) in [6.07, 6.45) is 2.67. The van der Waals surface area contributed by atoms with Crippen molar-refractivity contribution in [1.82, 2.24) is 4.98 Å². The molecule has 0 unspecified atom stereocenters. The van der Waals surface area contributed by atoms with Gasteiger partial charge in [-0.25, -0.2) is 0 Å². The molecule has 1 aromatic heterocycles. The third-order valence-corrected chi connectivity index (χ3v) is 1.89. The highest BCUT2D eigenvalue weighted by molar-refractivity contribution is 9.10. The molecule has 4 heteroatoms. The average Bonchev–Trinajstić information content (AvgIpc) is 2.03. The fourth-order valence-electron chi connectivity index (χ4n) is 0.806. The Kier molecular flexibility index (Phi) is 3.22. The van der Waals surface area contributed by atoms with E-state index in [1.54, 1.807) is 6.20 Å². The molecule has 0 radical (unpaired) electrons. The van der Waals surface area contributed by atoms with E-state index in [0.717, 1.165) is 10.2 Å². The molecule has 2 N–H and O–H groups in total. The zero-order valence-electron chi connectivity index (χ0n) is 6.46. The van der Waals surface area contributed by atoms with Crippen LogP contribution in [0.5, 0.6) is 0 Å². The molecule has 0 bridgehead atoms. The van der Waals surface area contributed by atoms with Crippen LogP contribution < -0.4 is 5.73 Å². The Morgan fingerprint density at radius 3 is 2.83 bits per heavy atom. The highest BCUT2D eigenvalue weighted by Gasteiger charge is 1.97. The Hall–Kier alpha value is -0.900. The second-order valence-corrected chi connectivity index (χ2v) is 3.35. The molecule has 0 aliphatic rings. The van der Waals surface area contributed by atoms with Gasteiger partial charge in [-0.1, -0.05) is 0 Å². The third-order valence-electron chi connectivity index (χ3n) is 1.42. The lowest BCUT2D eigenvalue weighted by atomic mass is 10.2. The minimum atomic E-state index is -0.292. The largest absolute Gasteiger partial charge is 0.370 e. The van der Waals surface area contributed by atoms with E-state index in [1.165, 1.54) is 0 Å². The number of nitrogens with zero attached hydrogens (tertiary/aromatic N) is 1. The molecule has 0 aliphatic heterocycles. The maximum absolute atomic E-state index is 10.4. The second kappa shape index (κ2) is 4.21. The first-order valence-electron chi connectivity index (χ1n) is 3.57. The minimum absolute atomic E-state index is 0.292. The van der Waals surface area contributed by atoms with Crippen molar-refractivity contribution in [2.24, 2.45) is 5.73 Å². The Bertz CT molecular complexity index is 271. The molecule has 1 amide bonds. The molecule has 0 aliphatic carbocycles. The van der Waals surface area contributed by atoms with Crippen molar-refractivity contribution in [2.75, 3.05) is 0 Å². The standard InChI is InChI=1S/C8H9BrN2O/c9-6-1-2-7(11-5-6)3-4-8(10)12/h1-2,5H,3-4H2,(H2,10,12). The molecule has 0 aromatic carbocycles. The van der Waals surface area contributed by atoms with Crippen molar-refractivity contribution in [3.05, 3.63) is 28.5 Å². The monoisotopic (exact) mass is 228 g/mol. The van der Waals surface area contributed by atoms with Crippen molar-refractivity contribution < 1.29 is 4.79 Å². The van der Waals surface area contributed by atoms with Crippen LogP contribution in [0.3, 0.4) is 0 Å². The number of hydrogen-bond donors (Lipinski definition) is 1. The summed E-state index contributed by atoms with van der Waals surface area (Å²) in [5.41, 5.74) is 5.88. The van der Waals surface area contributed by atoms with Crippen LogP contribution >= 0.6 is 15.9 Å². The molecule has 1 rings (SSSR count). The number of nitrogens with two attached hydrogens (primary N) is 1. The van der Waals surface area contributed by atoms with Gasteiger partial charge in [0.25, 0.3) is 0 Å². The molecule has 0 saturated carbocycles. The molecule has 0 spiro atoms. The van der Waals surface area contributed by atoms with Crippen LogP contribution in [0.25, 0.3) is 0 Å².